The van der Waals surface area contributed by atoms with Crippen LogP contribution in [-0.4, -0.2) is 23.7 Å². The van der Waals surface area contributed by atoms with Crippen LogP contribution in [0.25, 0.3) is 0 Å². The molecule has 0 radical (unpaired) electrons. The van der Waals surface area contributed by atoms with Crippen molar-refractivity contribution in [1.82, 2.24) is 0 Å². The number of alkyl halides is 2. The van der Waals surface area contributed by atoms with Crippen molar-refractivity contribution in [1.29, 1.82) is 0 Å². The normalized spacial score (nSPS) is 12.0. The first-order chi connectivity index (χ1) is 8.51. The monoisotopic (exact) mass is 288 g/mol. The summed E-state index contributed by atoms with van der Waals surface area (Å²) in [6, 6.07) is 4.69. The van der Waals surface area contributed by atoms with Gasteiger partial charge in [-0.3, -0.25) is 4.79 Å². The largest absolute Gasteiger partial charge is 0.462 e. The third-order valence-corrected chi connectivity index (χ3v) is 2.88. The summed E-state index contributed by atoms with van der Waals surface area (Å²) >= 11 is 11.5. The van der Waals surface area contributed by atoms with Gasteiger partial charge in [-0.05, 0) is 31.5 Å². The summed E-state index contributed by atoms with van der Waals surface area (Å²) in [6.45, 7) is 3.62. The zero-order valence-corrected chi connectivity index (χ0v) is 11.7. The van der Waals surface area contributed by atoms with Crippen molar-refractivity contribution >= 4 is 35.0 Å². The van der Waals surface area contributed by atoms with Crippen molar-refractivity contribution in [2.24, 2.45) is 0 Å². The lowest BCUT2D eigenvalue weighted by molar-refractivity contribution is 0.0525. The van der Waals surface area contributed by atoms with Gasteiger partial charge in [0.25, 0.3) is 0 Å². The van der Waals surface area contributed by atoms with E-state index in [9.17, 15) is 9.59 Å². The van der Waals surface area contributed by atoms with E-state index in [2.05, 4.69) is 0 Å². The highest BCUT2D eigenvalue weighted by Gasteiger charge is 2.17. The van der Waals surface area contributed by atoms with Crippen LogP contribution >= 0.6 is 23.2 Å². The van der Waals surface area contributed by atoms with Crippen molar-refractivity contribution in [2.75, 3.05) is 6.61 Å². The van der Waals surface area contributed by atoms with E-state index < -0.39 is 11.3 Å². The Bertz CT molecular complexity index is 456. The Balaban J connectivity index is 3.11. The molecule has 0 saturated heterocycles. The third-order valence-electron chi connectivity index (χ3n) is 2.39. The van der Waals surface area contributed by atoms with E-state index in [-0.39, 0.29) is 11.7 Å². The summed E-state index contributed by atoms with van der Waals surface area (Å²) in [6.07, 6.45) is 0. The summed E-state index contributed by atoms with van der Waals surface area (Å²) in [5, 5.41) is -0.610. The molecule has 1 unspecified atom stereocenters. The number of benzene rings is 1. The van der Waals surface area contributed by atoms with E-state index in [1.54, 1.807) is 32.0 Å². The zero-order chi connectivity index (χ0) is 13.7. The molecule has 0 aliphatic carbocycles. The van der Waals surface area contributed by atoms with Gasteiger partial charge in [0, 0.05) is 11.4 Å². The van der Waals surface area contributed by atoms with Crippen LogP contribution in [0.3, 0.4) is 0 Å². The third kappa shape index (κ3) is 3.47. The number of Topliss-reactive ketones (excluding diaryl/α,β-unsaturated/α-hetero) is 1. The zero-order valence-electron chi connectivity index (χ0n) is 10.2. The molecule has 98 valence electrons. The molecule has 0 fully saturated rings. The first kappa shape index (κ1) is 15.0. The van der Waals surface area contributed by atoms with Gasteiger partial charge in [-0.15, -0.1) is 23.2 Å². The molecule has 0 aliphatic rings. The molecule has 1 rings (SSSR count). The predicted octanol–water partition coefficient (Wildman–Crippen LogP) is 3.41. The minimum atomic E-state index is -0.610. The van der Waals surface area contributed by atoms with Crippen molar-refractivity contribution in [3.8, 4) is 0 Å². The van der Waals surface area contributed by atoms with Crippen molar-refractivity contribution in [2.45, 2.75) is 25.1 Å². The fourth-order valence-corrected chi connectivity index (χ4v) is 1.84. The second kappa shape index (κ2) is 6.76. The van der Waals surface area contributed by atoms with Crippen LogP contribution in [-0.2, 0) is 10.6 Å². The molecule has 1 atom stereocenters. The molecule has 3 nitrogen and oxygen atoms in total. The van der Waals surface area contributed by atoms with Gasteiger partial charge in [-0.1, -0.05) is 6.07 Å². The SMILES string of the molecule is CCOC(=O)c1ccc(C(=O)C(C)Cl)cc1CCl. The lowest BCUT2D eigenvalue weighted by atomic mass is 10.0. The van der Waals surface area contributed by atoms with Crippen LogP contribution in [0.15, 0.2) is 18.2 Å². The Morgan fingerprint density at radius 3 is 2.56 bits per heavy atom. The van der Waals surface area contributed by atoms with Crippen molar-refractivity contribution in [3.63, 3.8) is 0 Å². The number of halogens is 2. The number of ketones is 1. The second-order valence-corrected chi connectivity index (χ2v) is 4.63. The number of ether oxygens (including phenoxy) is 1. The minimum Gasteiger partial charge on any atom is -0.462 e. The summed E-state index contributed by atoms with van der Waals surface area (Å²) in [4.78, 5) is 23.4. The molecule has 0 bridgehead atoms. The Hall–Kier alpha value is -1.06. The Morgan fingerprint density at radius 2 is 2.06 bits per heavy atom. The van der Waals surface area contributed by atoms with Crippen LogP contribution in [0.1, 0.15) is 40.1 Å². The van der Waals surface area contributed by atoms with Gasteiger partial charge in [0.2, 0.25) is 0 Å². The van der Waals surface area contributed by atoms with Gasteiger partial charge in [0.15, 0.2) is 5.78 Å². The topological polar surface area (TPSA) is 43.4 Å². The number of rotatable bonds is 5. The van der Waals surface area contributed by atoms with E-state index in [0.29, 0.717) is 23.3 Å². The molecule has 0 spiro atoms. The van der Waals surface area contributed by atoms with Crippen LogP contribution < -0.4 is 0 Å². The van der Waals surface area contributed by atoms with Crippen molar-refractivity contribution in [3.05, 3.63) is 34.9 Å². The number of esters is 1. The minimum absolute atomic E-state index is 0.131. The molecule has 0 aromatic heterocycles. The average Bonchev–Trinajstić information content (AvgIpc) is 2.37. The van der Waals surface area contributed by atoms with E-state index in [1.807, 2.05) is 0 Å². The highest BCUT2D eigenvalue weighted by atomic mass is 35.5. The quantitative estimate of drug-likeness (QED) is 0.474. The summed E-state index contributed by atoms with van der Waals surface area (Å²) < 4.78 is 4.91. The molecule has 0 N–H and O–H groups in total. The van der Waals surface area contributed by atoms with Crippen LogP contribution in [0.2, 0.25) is 0 Å². The van der Waals surface area contributed by atoms with Crippen LogP contribution in [0, 0.1) is 0 Å². The van der Waals surface area contributed by atoms with E-state index >= 15 is 0 Å². The molecule has 0 amide bonds. The van der Waals surface area contributed by atoms with Gasteiger partial charge in [-0.2, -0.15) is 0 Å². The van der Waals surface area contributed by atoms with Gasteiger partial charge in [0.1, 0.15) is 0 Å². The molecule has 18 heavy (non-hydrogen) atoms. The van der Waals surface area contributed by atoms with Crippen LogP contribution in [0.4, 0.5) is 0 Å². The molecule has 0 aliphatic heterocycles. The number of hydrogen-bond donors (Lipinski definition) is 0. The summed E-state index contributed by atoms with van der Waals surface area (Å²) in [7, 11) is 0. The maximum Gasteiger partial charge on any atom is 0.338 e. The Morgan fingerprint density at radius 1 is 1.39 bits per heavy atom. The molecule has 0 saturated carbocycles. The maximum atomic E-state index is 11.7. The molecule has 1 aromatic rings. The van der Waals surface area contributed by atoms with E-state index in [4.69, 9.17) is 27.9 Å². The van der Waals surface area contributed by atoms with Gasteiger partial charge >= 0.3 is 5.97 Å². The maximum absolute atomic E-state index is 11.7. The number of carbonyl (C=O) groups is 2. The van der Waals surface area contributed by atoms with Crippen molar-refractivity contribution < 1.29 is 14.3 Å². The molecular formula is C13H14Cl2O3. The highest BCUT2D eigenvalue weighted by Crippen LogP contribution is 2.18. The lowest BCUT2D eigenvalue weighted by Gasteiger charge is -2.09. The van der Waals surface area contributed by atoms with E-state index in [0.717, 1.165) is 0 Å². The molecular weight excluding hydrogens is 275 g/mol. The second-order valence-electron chi connectivity index (χ2n) is 3.71. The molecule has 0 heterocycles. The van der Waals surface area contributed by atoms with Gasteiger partial charge < -0.3 is 4.74 Å². The lowest BCUT2D eigenvalue weighted by Crippen LogP contribution is -2.13. The van der Waals surface area contributed by atoms with Gasteiger partial charge in [-0.25, -0.2) is 4.79 Å². The summed E-state index contributed by atoms with van der Waals surface area (Å²) in [5.74, 6) is -0.504. The molecule has 1 aromatic carbocycles. The molecule has 5 heteroatoms. The Labute approximate surface area is 116 Å². The Kier molecular flexibility index (Phi) is 5.63. The smallest absolute Gasteiger partial charge is 0.338 e. The van der Waals surface area contributed by atoms with E-state index in [1.165, 1.54) is 0 Å². The fraction of sp³-hybridized carbons (Fsp3) is 0.385. The van der Waals surface area contributed by atoms with Gasteiger partial charge in [0.05, 0.1) is 17.5 Å². The highest BCUT2D eigenvalue weighted by molar-refractivity contribution is 6.33. The number of hydrogen-bond acceptors (Lipinski definition) is 3. The average molecular weight is 289 g/mol. The number of carbonyl (C=O) groups excluding carboxylic acids is 2. The summed E-state index contributed by atoms with van der Waals surface area (Å²) in [5.41, 5.74) is 1.39. The predicted molar refractivity (Wildman–Crippen MR) is 71.6 cm³/mol. The standard InChI is InChI=1S/C13H14Cl2O3/c1-3-18-13(17)11-5-4-9(6-10(11)7-14)12(16)8(2)15/h4-6,8H,3,7H2,1-2H3. The fourth-order valence-electron chi connectivity index (χ4n) is 1.50. The first-order valence-corrected chi connectivity index (χ1v) is 6.52. The first-order valence-electron chi connectivity index (χ1n) is 5.55. The van der Waals surface area contributed by atoms with Crippen LogP contribution in [0.5, 0.6) is 0 Å².